The van der Waals surface area contributed by atoms with E-state index in [4.69, 9.17) is 0 Å². The van der Waals surface area contributed by atoms with Gasteiger partial charge in [0.2, 0.25) is 15.9 Å². The largest absolute Gasteiger partial charge is 0.348 e. The number of carbonyl (C=O) groups is 1. The van der Waals surface area contributed by atoms with Crippen molar-refractivity contribution in [2.75, 3.05) is 0 Å². The Hall–Kier alpha value is -2.55. The Morgan fingerprint density at radius 1 is 0.968 bits per heavy atom. The summed E-state index contributed by atoms with van der Waals surface area (Å²) in [5.74, 6) is -0.840. The summed E-state index contributed by atoms with van der Waals surface area (Å²) >= 11 is 3.28. The van der Waals surface area contributed by atoms with Crippen LogP contribution in [0.3, 0.4) is 0 Å². The topological polar surface area (TPSA) is 75.3 Å². The second kappa shape index (κ2) is 10.2. The van der Waals surface area contributed by atoms with Crippen molar-refractivity contribution in [1.82, 2.24) is 10.0 Å². The van der Waals surface area contributed by atoms with Crippen molar-refractivity contribution < 1.29 is 17.6 Å². The van der Waals surface area contributed by atoms with E-state index in [-0.39, 0.29) is 17.1 Å². The molecule has 2 N–H and O–H groups in total. The molecule has 3 aromatic carbocycles. The van der Waals surface area contributed by atoms with Crippen LogP contribution in [0.5, 0.6) is 0 Å². The van der Waals surface area contributed by atoms with Crippen LogP contribution < -0.4 is 10.0 Å². The van der Waals surface area contributed by atoms with E-state index in [1.807, 2.05) is 30.3 Å². The zero-order valence-electron chi connectivity index (χ0n) is 16.8. The van der Waals surface area contributed by atoms with Crippen molar-refractivity contribution in [3.8, 4) is 0 Å². The summed E-state index contributed by atoms with van der Waals surface area (Å²) in [5, 5.41) is 2.82. The Morgan fingerprint density at radius 2 is 1.58 bits per heavy atom. The lowest BCUT2D eigenvalue weighted by molar-refractivity contribution is -0.123. The molecule has 31 heavy (non-hydrogen) atoms. The lowest BCUT2D eigenvalue weighted by Crippen LogP contribution is -2.48. The first kappa shape index (κ1) is 23.1. The van der Waals surface area contributed by atoms with E-state index in [0.29, 0.717) is 5.56 Å². The second-order valence-corrected chi connectivity index (χ2v) is 9.73. The molecule has 0 heterocycles. The van der Waals surface area contributed by atoms with Gasteiger partial charge in [-0.15, -0.1) is 0 Å². The highest BCUT2D eigenvalue weighted by atomic mass is 79.9. The summed E-state index contributed by atoms with van der Waals surface area (Å²) in [7, 11) is -3.93. The summed E-state index contributed by atoms with van der Waals surface area (Å²) in [6.45, 7) is 1.76. The predicted octanol–water partition coefficient (Wildman–Crippen LogP) is 4.36. The summed E-state index contributed by atoms with van der Waals surface area (Å²) in [6, 6.07) is 19.7. The molecule has 3 aromatic rings. The number of rotatable bonds is 8. The van der Waals surface area contributed by atoms with Gasteiger partial charge in [0.05, 0.1) is 10.9 Å². The van der Waals surface area contributed by atoms with E-state index in [9.17, 15) is 17.6 Å². The van der Waals surface area contributed by atoms with Crippen LogP contribution in [0.4, 0.5) is 4.39 Å². The minimum absolute atomic E-state index is 0.0631. The smallest absolute Gasteiger partial charge is 0.241 e. The fourth-order valence-corrected chi connectivity index (χ4v) is 4.52. The second-order valence-electron chi connectivity index (χ2n) is 7.10. The molecular formula is C23H22BrFN2O3S. The molecule has 0 unspecified atom stereocenters. The molecule has 3 rings (SSSR count). The summed E-state index contributed by atoms with van der Waals surface area (Å²) in [6.07, 6.45) is 0.179. The van der Waals surface area contributed by atoms with Gasteiger partial charge in [-0.25, -0.2) is 12.8 Å². The number of carbonyl (C=O) groups excluding carboxylic acids is 1. The van der Waals surface area contributed by atoms with Gasteiger partial charge >= 0.3 is 0 Å². The summed E-state index contributed by atoms with van der Waals surface area (Å²) in [4.78, 5) is 13.1. The number of hydrogen-bond acceptors (Lipinski definition) is 3. The van der Waals surface area contributed by atoms with E-state index in [2.05, 4.69) is 26.0 Å². The summed E-state index contributed by atoms with van der Waals surface area (Å²) in [5.41, 5.74) is 1.53. The van der Waals surface area contributed by atoms with E-state index in [0.717, 1.165) is 10.0 Å². The average molecular weight is 505 g/mol. The third kappa shape index (κ3) is 6.46. The van der Waals surface area contributed by atoms with E-state index in [1.165, 1.54) is 24.3 Å². The van der Waals surface area contributed by atoms with Crippen molar-refractivity contribution in [1.29, 1.82) is 0 Å². The normalized spacial score (nSPS) is 13.4. The molecule has 0 spiro atoms. The van der Waals surface area contributed by atoms with Crippen LogP contribution in [0.15, 0.2) is 88.2 Å². The third-order valence-electron chi connectivity index (χ3n) is 4.75. The zero-order chi connectivity index (χ0) is 22.4. The van der Waals surface area contributed by atoms with Crippen LogP contribution >= 0.6 is 15.9 Å². The van der Waals surface area contributed by atoms with Crippen LogP contribution in [-0.4, -0.2) is 20.4 Å². The molecule has 2 atom stereocenters. The maximum Gasteiger partial charge on any atom is 0.241 e. The predicted molar refractivity (Wildman–Crippen MR) is 121 cm³/mol. The third-order valence-corrected chi connectivity index (χ3v) is 6.77. The highest BCUT2D eigenvalue weighted by Gasteiger charge is 2.27. The van der Waals surface area contributed by atoms with Gasteiger partial charge < -0.3 is 5.32 Å². The van der Waals surface area contributed by atoms with E-state index < -0.39 is 28.0 Å². The molecule has 0 radical (unpaired) electrons. The molecule has 162 valence electrons. The van der Waals surface area contributed by atoms with Crippen LogP contribution in [0.25, 0.3) is 0 Å². The minimum atomic E-state index is -3.93. The Labute approximate surface area is 189 Å². The Balaban J connectivity index is 1.82. The number of halogens is 2. The molecular weight excluding hydrogens is 483 g/mol. The lowest BCUT2D eigenvalue weighted by atomic mass is 10.0. The van der Waals surface area contributed by atoms with Crippen molar-refractivity contribution in [3.05, 3.63) is 100 Å². The maximum absolute atomic E-state index is 13.2. The molecule has 0 aliphatic carbocycles. The fraction of sp³-hybridized carbons (Fsp3) is 0.174. The SMILES string of the molecule is C[C@H](NC(=O)[C@@H](Cc1ccccc1)NS(=O)(=O)c1ccc(Br)cc1)c1ccc(F)cc1. The first-order valence-corrected chi connectivity index (χ1v) is 11.9. The lowest BCUT2D eigenvalue weighted by Gasteiger charge is -2.22. The Morgan fingerprint density at radius 3 is 2.19 bits per heavy atom. The molecule has 0 bridgehead atoms. The highest BCUT2D eigenvalue weighted by molar-refractivity contribution is 9.10. The van der Waals surface area contributed by atoms with Crippen LogP contribution in [0.2, 0.25) is 0 Å². The van der Waals surface area contributed by atoms with Crippen LogP contribution in [0, 0.1) is 5.82 Å². The molecule has 0 aromatic heterocycles. The van der Waals surface area contributed by atoms with Crippen molar-refractivity contribution in [2.45, 2.75) is 30.3 Å². The fourth-order valence-electron chi connectivity index (χ4n) is 3.06. The van der Waals surface area contributed by atoms with Gasteiger partial charge in [0.1, 0.15) is 11.9 Å². The molecule has 0 aliphatic heterocycles. The van der Waals surface area contributed by atoms with Gasteiger partial charge in [0, 0.05) is 4.47 Å². The van der Waals surface area contributed by atoms with Gasteiger partial charge in [-0.05, 0) is 60.9 Å². The number of sulfonamides is 1. The summed E-state index contributed by atoms with van der Waals surface area (Å²) < 4.78 is 42.3. The minimum Gasteiger partial charge on any atom is -0.348 e. The van der Waals surface area contributed by atoms with E-state index in [1.54, 1.807) is 31.2 Å². The first-order chi connectivity index (χ1) is 14.7. The highest BCUT2D eigenvalue weighted by Crippen LogP contribution is 2.17. The maximum atomic E-state index is 13.2. The monoisotopic (exact) mass is 504 g/mol. The molecule has 0 aliphatic rings. The molecule has 5 nitrogen and oxygen atoms in total. The Kier molecular flexibility index (Phi) is 7.59. The number of amides is 1. The first-order valence-electron chi connectivity index (χ1n) is 9.62. The molecule has 0 saturated heterocycles. The number of hydrogen-bond donors (Lipinski definition) is 2. The van der Waals surface area contributed by atoms with Crippen molar-refractivity contribution in [2.24, 2.45) is 0 Å². The molecule has 0 saturated carbocycles. The van der Waals surface area contributed by atoms with Gasteiger partial charge in [0.15, 0.2) is 0 Å². The van der Waals surface area contributed by atoms with Gasteiger partial charge in [-0.2, -0.15) is 4.72 Å². The average Bonchev–Trinajstić information content (AvgIpc) is 2.74. The van der Waals surface area contributed by atoms with E-state index >= 15 is 0 Å². The van der Waals surface area contributed by atoms with Gasteiger partial charge in [0.25, 0.3) is 0 Å². The molecule has 1 amide bonds. The quantitative estimate of drug-likeness (QED) is 0.478. The van der Waals surface area contributed by atoms with Crippen LogP contribution in [0.1, 0.15) is 24.1 Å². The number of nitrogens with one attached hydrogen (secondary N) is 2. The van der Waals surface area contributed by atoms with Gasteiger partial charge in [-0.3, -0.25) is 4.79 Å². The van der Waals surface area contributed by atoms with Crippen LogP contribution in [-0.2, 0) is 21.2 Å². The zero-order valence-corrected chi connectivity index (χ0v) is 19.2. The number of benzene rings is 3. The molecule has 8 heteroatoms. The Bertz CT molecular complexity index is 1120. The molecule has 0 fully saturated rings. The van der Waals surface area contributed by atoms with Crippen molar-refractivity contribution in [3.63, 3.8) is 0 Å². The van der Waals surface area contributed by atoms with Crippen molar-refractivity contribution >= 4 is 31.9 Å². The standard InChI is InChI=1S/C23H22BrFN2O3S/c1-16(18-7-11-20(25)12-8-18)26-23(28)22(15-17-5-3-2-4-6-17)27-31(29,30)21-13-9-19(24)10-14-21/h2-14,16,22,27H,15H2,1H3,(H,26,28)/t16-,22+/m0/s1. The van der Waals surface area contributed by atoms with Gasteiger partial charge in [-0.1, -0.05) is 58.4 Å².